The van der Waals surface area contributed by atoms with Crippen LogP contribution in [0.1, 0.15) is 31.7 Å². The maximum Gasteiger partial charge on any atom is 0.226 e. The molecule has 0 radical (unpaired) electrons. The Morgan fingerprint density at radius 1 is 1.09 bits per heavy atom. The zero-order chi connectivity index (χ0) is 15.9. The van der Waals surface area contributed by atoms with E-state index in [1.54, 1.807) is 0 Å². The van der Waals surface area contributed by atoms with Crippen molar-refractivity contribution in [2.24, 2.45) is 0 Å². The molecule has 0 unspecified atom stereocenters. The first-order valence-electron chi connectivity index (χ1n) is 7.44. The van der Waals surface area contributed by atoms with Gasteiger partial charge < -0.3 is 10.6 Å². The molecule has 22 heavy (non-hydrogen) atoms. The molecule has 0 saturated carbocycles. The molecule has 2 rings (SSSR count). The van der Waals surface area contributed by atoms with Crippen LogP contribution in [0.3, 0.4) is 0 Å². The molecule has 2 aromatic rings. The fraction of sp³-hybridized carbons (Fsp3) is 0.278. The number of rotatable bonds is 6. The summed E-state index contributed by atoms with van der Waals surface area (Å²) in [4.78, 5) is 11.9. The average Bonchev–Trinajstić information content (AvgIpc) is 2.47. The molecule has 4 heteroatoms. The van der Waals surface area contributed by atoms with Gasteiger partial charge in [0.1, 0.15) is 0 Å². The van der Waals surface area contributed by atoms with Crippen molar-refractivity contribution in [3.05, 3.63) is 58.6 Å². The van der Waals surface area contributed by atoms with Gasteiger partial charge in [-0.2, -0.15) is 0 Å². The normalized spacial score (nSPS) is 10.5. The van der Waals surface area contributed by atoms with Gasteiger partial charge in [-0.05, 0) is 41.8 Å². The predicted molar refractivity (Wildman–Crippen MR) is 96.4 cm³/mol. The second-order valence-electron chi connectivity index (χ2n) is 5.51. The van der Waals surface area contributed by atoms with Crippen LogP contribution < -0.4 is 10.6 Å². The molecule has 116 valence electrons. The largest absolute Gasteiger partial charge is 0.385 e. The van der Waals surface area contributed by atoms with Crippen molar-refractivity contribution in [3.8, 4) is 0 Å². The maximum atomic E-state index is 11.9. The summed E-state index contributed by atoms with van der Waals surface area (Å²) < 4.78 is 0.952. The van der Waals surface area contributed by atoms with Crippen LogP contribution in [-0.4, -0.2) is 12.5 Å². The van der Waals surface area contributed by atoms with Crippen LogP contribution in [0, 0.1) is 0 Å². The number of carbonyl (C=O) groups is 1. The molecule has 0 saturated heterocycles. The number of hydrogen-bond acceptors (Lipinski definition) is 2. The molecule has 0 aromatic heterocycles. The number of amides is 1. The van der Waals surface area contributed by atoms with Crippen LogP contribution in [0.2, 0.25) is 0 Å². The Morgan fingerprint density at radius 3 is 2.45 bits per heavy atom. The van der Waals surface area contributed by atoms with E-state index in [1.165, 1.54) is 5.56 Å². The van der Waals surface area contributed by atoms with Crippen molar-refractivity contribution in [3.63, 3.8) is 0 Å². The third-order valence-corrected chi connectivity index (χ3v) is 3.86. The lowest BCUT2D eigenvalue weighted by atomic mass is 10.0. The van der Waals surface area contributed by atoms with Crippen molar-refractivity contribution in [2.75, 3.05) is 17.2 Å². The van der Waals surface area contributed by atoms with Gasteiger partial charge in [-0.15, -0.1) is 0 Å². The van der Waals surface area contributed by atoms with Gasteiger partial charge in [0, 0.05) is 28.8 Å². The topological polar surface area (TPSA) is 41.1 Å². The van der Waals surface area contributed by atoms with E-state index in [0.717, 1.165) is 15.8 Å². The van der Waals surface area contributed by atoms with Crippen LogP contribution in [0.15, 0.2) is 53.0 Å². The minimum Gasteiger partial charge on any atom is -0.385 e. The van der Waals surface area contributed by atoms with Crippen molar-refractivity contribution in [1.29, 1.82) is 0 Å². The van der Waals surface area contributed by atoms with Crippen molar-refractivity contribution < 1.29 is 4.79 Å². The number of hydrogen-bond donors (Lipinski definition) is 2. The van der Waals surface area contributed by atoms with Crippen molar-refractivity contribution in [2.45, 2.75) is 26.2 Å². The van der Waals surface area contributed by atoms with E-state index in [2.05, 4.69) is 64.7 Å². The molecule has 0 spiro atoms. The Hall–Kier alpha value is -1.81. The summed E-state index contributed by atoms with van der Waals surface area (Å²) in [5.41, 5.74) is 3.17. The fourth-order valence-corrected chi connectivity index (χ4v) is 2.50. The SMILES string of the molecule is CC(C)c1ccc(NCCC(=O)Nc2cccc(Br)c2)cc1. The highest BCUT2D eigenvalue weighted by Gasteiger charge is 2.03. The van der Waals surface area contributed by atoms with E-state index in [9.17, 15) is 4.79 Å². The zero-order valence-electron chi connectivity index (χ0n) is 12.9. The second kappa shape index (κ2) is 7.99. The van der Waals surface area contributed by atoms with Crippen LogP contribution in [-0.2, 0) is 4.79 Å². The Bertz CT molecular complexity index is 623. The molecule has 0 heterocycles. The predicted octanol–water partition coefficient (Wildman–Crippen LogP) is 5.01. The highest BCUT2D eigenvalue weighted by Crippen LogP contribution is 2.17. The van der Waals surface area contributed by atoms with Gasteiger partial charge in [0.05, 0.1) is 0 Å². The third-order valence-electron chi connectivity index (χ3n) is 3.37. The lowest BCUT2D eigenvalue weighted by Gasteiger charge is -2.10. The summed E-state index contributed by atoms with van der Waals surface area (Å²) in [6.45, 7) is 4.96. The first kappa shape index (κ1) is 16.6. The van der Waals surface area contributed by atoms with Crippen molar-refractivity contribution in [1.82, 2.24) is 0 Å². The smallest absolute Gasteiger partial charge is 0.226 e. The molecule has 0 bridgehead atoms. The monoisotopic (exact) mass is 360 g/mol. The Morgan fingerprint density at radius 2 is 1.82 bits per heavy atom. The summed E-state index contributed by atoms with van der Waals surface area (Å²) in [7, 11) is 0. The molecule has 0 aliphatic carbocycles. The van der Waals surface area contributed by atoms with E-state index >= 15 is 0 Å². The van der Waals surface area contributed by atoms with Crippen LogP contribution in [0.4, 0.5) is 11.4 Å². The average molecular weight is 361 g/mol. The van der Waals surface area contributed by atoms with Gasteiger partial charge in [0.15, 0.2) is 0 Å². The first-order chi connectivity index (χ1) is 10.5. The standard InChI is InChI=1S/C18H21BrN2O/c1-13(2)14-6-8-16(9-7-14)20-11-10-18(22)21-17-5-3-4-15(19)12-17/h3-9,12-13,20H,10-11H2,1-2H3,(H,21,22). The van der Waals surface area contributed by atoms with Gasteiger partial charge in [-0.3, -0.25) is 4.79 Å². The Kier molecular flexibility index (Phi) is 6.01. The van der Waals surface area contributed by atoms with Crippen LogP contribution in [0.5, 0.6) is 0 Å². The minimum atomic E-state index is 0.00407. The number of anilines is 2. The first-order valence-corrected chi connectivity index (χ1v) is 8.23. The van der Waals surface area contributed by atoms with Gasteiger partial charge in [0.2, 0.25) is 5.91 Å². The van der Waals surface area contributed by atoms with Crippen molar-refractivity contribution >= 4 is 33.2 Å². The highest BCUT2D eigenvalue weighted by molar-refractivity contribution is 9.10. The molecule has 2 N–H and O–H groups in total. The van der Waals surface area contributed by atoms with Gasteiger partial charge in [-0.25, -0.2) is 0 Å². The number of carbonyl (C=O) groups excluding carboxylic acids is 1. The Labute approximate surface area is 140 Å². The van der Waals surface area contributed by atoms with Crippen LogP contribution >= 0.6 is 15.9 Å². The summed E-state index contributed by atoms with van der Waals surface area (Å²) >= 11 is 3.39. The van der Waals surface area contributed by atoms with Gasteiger partial charge in [0.25, 0.3) is 0 Å². The molecule has 0 atom stereocenters. The molecule has 0 aliphatic heterocycles. The van der Waals surface area contributed by atoms with E-state index in [0.29, 0.717) is 18.9 Å². The Balaban J connectivity index is 1.77. The molecular weight excluding hydrogens is 340 g/mol. The van der Waals surface area contributed by atoms with Gasteiger partial charge >= 0.3 is 0 Å². The summed E-state index contributed by atoms with van der Waals surface area (Å²) in [5.74, 6) is 0.537. The second-order valence-corrected chi connectivity index (χ2v) is 6.43. The van der Waals surface area contributed by atoms with E-state index in [1.807, 2.05) is 24.3 Å². The summed E-state index contributed by atoms with van der Waals surface area (Å²) in [6.07, 6.45) is 0.429. The fourth-order valence-electron chi connectivity index (χ4n) is 2.10. The van der Waals surface area contributed by atoms with E-state index in [4.69, 9.17) is 0 Å². The molecule has 0 fully saturated rings. The van der Waals surface area contributed by atoms with Gasteiger partial charge in [-0.1, -0.05) is 48.0 Å². The molecule has 0 aliphatic rings. The maximum absolute atomic E-state index is 11.9. The summed E-state index contributed by atoms with van der Waals surface area (Å²) in [5, 5.41) is 6.15. The van der Waals surface area contributed by atoms with E-state index < -0.39 is 0 Å². The minimum absolute atomic E-state index is 0.00407. The number of benzene rings is 2. The third kappa shape index (κ3) is 5.19. The summed E-state index contributed by atoms with van der Waals surface area (Å²) in [6, 6.07) is 15.9. The molecule has 2 aromatic carbocycles. The van der Waals surface area contributed by atoms with Crippen LogP contribution in [0.25, 0.3) is 0 Å². The molecule has 1 amide bonds. The zero-order valence-corrected chi connectivity index (χ0v) is 14.5. The lowest BCUT2D eigenvalue weighted by Crippen LogP contribution is -2.16. The highest BCUT2D eigenvalue weighted by atomic mass is 79.9. The number of nitrogens with one attached hydrogen (secondary N) is 2. The molecule has 3 nitrogen and oxygen atoms in total. The molecular formula is C18H21BrN2O. The number of halogens is 1. The quantitative estimate of drug-likeness (QED) is 0.759. The lowest BCUT2D eigenvalue weighted by molar-refractivity contribution is -0.115. The van der Waals surface area contributed by atoms with E-state index in [-0.39, 0.29) is 5.91 Å².